The highest BCUT2D eigenvalue weighted by atomic mass is 32.2. The quantitative estimate of drug-likeness (QED) is 0.391. The molecule has 0 spiro atoms. The van der Waals surface area contributed by atoms with E-state index in [1.165, 1.54) is 24.6 Å². The minimum absolute atomic E-state index is 0.411. The molecule has 1 aromatic carbocycles. The van der Waals surface area contributed by atoms with Crippen molar-refractivity contribution in [2.45, 2.75) is 61.4 Å². The maximum absolute atomic E-state index is 9.66. The standard InChI is InChI=1S/C27H27N7S/c1-3-30-22-8-10-23(11-9-22)34-18(2)24(16-32-34)20-12-26(27-21(14-29)15-31-33(27)17-20)35-25-7-5-4-6-19(25)13-28/h4-7,12,15-17,22-23,30H,3,8-11H2,1-2H3/t22-,23+. The smallest absolute Gasteiger partial charge is 0.103 e. The number of nitrogens with zero attached hydrogens (tertiary/aromatic N) is 6. The van der Waals surface area contributed by atoms with Crippen molar-refractivity contribution in [3.05, 3.63) is 65.7 Å². The number of pyridine rings is 1. The zero-order valence-corrected chi connectivity index (χ0v) is 20.7. The van der Waals surface area contributed by atoms with Gasteiger partial charge in [0.15, 0.2) is 0 Å². The van der Waals surface area contributed by atoms with Gasteiger partial charge < -0.3 is 5.32 Å². The Bertz CT molecular complexity index is 1440. The summed E-state index contributed by atoms with van der Waals surface area (Å²) in [6, 6.07) is 15.2. The van der Waals surface area contributed by atoms with Gasteiger partial charge in [0.1, 0.15) is 12.1 Å². The molecule has 3 heterocycles. The SMILES string of the molecule is CCN[C@H]1CC[C@@H](n2ncc(-c3cc(Sc4ccccc4C#N)c4c(C#N)cnn4c3)c2C)CC1. The Balaban J connectivity index is 1.53. The van der Waals surface area contributed by atoms with E-state index in [1.54, 1.807) is 10.7 Å². The van der Waals surface area contributed by atoms with Crippen molar-refractivity contribution in [1.82, 2.24) is 24.7 Å². The van der Waals surface area contributed by atoms with Crippen molar-refractivity contribution in [3.8, 4) is 23.3 Å². The van der Waals surface area contributed by atoms with Gasteiger partial charge >= 0.3 is 0 Å². The normalized spacial score (nSPS) is 17.8. The lowest BCUT2D eigenvalue weighted by molar-refractivity contribution is 0.276. The Morgan fingerprint density at radius 1 is 1.03 bits per heavy atom. The molecule has 3 aromatic heterocycles. The highest BCUT2D eigenvalue weighted by Gasteiger charge is 2.25. The lowest BCUT2D eigenvalue weighted by Gasteiger charge is -2.30. The summed E-state index contributed by atoms with van der Waals surface area (Å²) in [6.07, 6.45) is 10.1. The first-order chi connectivity index (χ1) is 17.1. The van der Waals surface area contributed by atoms with Crippen molar-refractivity contribution in [1.29, 1.82) is 10.5 Å². The third kappa shape index (κ3) is 4.43. The van der Waals surface area contributed by atoms with Crippen molar-refractivity contribution >= 4 is 17.3 Å². The number of nitriles is 2. The minimum atomic E-state index is 0.411. The fraction of sp³-hybridized carbons (Fsp3) is 0.333. The Hall–Kier alpha value is -3.59. The van der Waals surface area contributed by atoms with Gasteiger partial charge in [-0.05, 0) is 57.4 Å². The molecule has 0 unspecified atom stereocenters. The van der Waals surface area contributed by atoms with E-state index in [2.05, 4.69) is 47.1 Å². The van der Waals surface area contributed by atoms with E-state index in [0.29, 0.717) is 23.2 Å². The molecule has 0 bridgehead atoms. The topological polar surface area (TPSA) is 94.7 Å². The van der Waals surface area contributed by atoms with Crippen LogP contribution in [0.25, 0.3) is 16.6 Å². The zero-order chi connectivity index (χ0) is 24.4. The summed E-state index contributed by atoms with van der Waals surface area (Å²) >= 11 is 1.49. The minimum Gasteiger partial charge on any atom is -0.314 e. The van der Waals surface area contributed by atoms with Crippen LogP contribution in [0.2, 0.25) is 0 Å². The maximum Gasteiger partial charge on any atom is 0.103 e. The summed E-state index contributed by atoms with van der Waals surface area (Å²) in [4.78, 5) is 1.74. The molecule has 0 atom stereocenters. The van der Waals surface area contributed by atoms with Gasteiger partial charge in [-0.25, -0.2) is 4.52 Å². The Morgan fingerprint density at radius 2 is 1.80 bits per heavy atom. The second-order valence-electron chi connectivity index (χ2n) is 8.92. The molecule has 176 valence electrons. The Morgan fingerprint density at radius 3 is 2.54 bits per heavy atom. The summed E-state index contributed by atoms with van der Waals surface area (Å²) in [5, 5.41) is 32.1. The average molecular weight is 482 g/mol. The molecular formula is C27H27N7S. The van der Waals surface area contributed by atoms with Gasteiger partial charge in [0.05, 0.1) is 35.1 Å². The van der Waals surface area contributed by atoms with Gasteiger partial charge in [-0.3, -0.25) is 4.68 Å². The number of fused-ring (bicyclic) bond motifs is 1. The third-order valence-corrected chi connectivity index (χ3v) is 7.92. The van der Waals surface area contributed by atoms with Crippen LogP contribution in [-0.4, -0.2) is 32.0 Å². The molecule has 1 aliphatic rings. The third-order valence-electron chi connectivity index (χ3n) is 6.82. The second kappa shape index (κ2) is 9.95. The van der Waals surface area contributed by atoms with Crippen LogP contribution in [0.1, 0.15) is 55.5 Å². The highest BCUT2D eigenvalue weighted by molar-refractivity contribution is 7.99. The van der Waals surface area contributed by atoms with Gasteiger partial charge in [0.2, 0.25) is 0 Å². The predicted molar refractivity (Wildman–Crippen MR) is 136 cm³/mol. The van der Waals surface area contributed by atoms with Crippen molar-refractivity contribution < 1.29 is 0 Å². The molecule has 1 N–H and O–H groups in total. The first kappa shape index (κ1) is 23.2. The van der Waals surface area contributed by atoms with Crippen LogP contribution in [0.15, 0.2) is 58.7 Å². The molecule has 0 aliphatic heterocycles. The fourth-order valence-corrected chi connectivity index (χ4v) is 6.14. The largest absolute Gasteiger partial charge is 0.314 e. The average Bonchev–Trinajstić information content (AvgIpc) is 3.48. The number of nitrogens with one attached hydrogen (secondary N) is 1. The second-order valence-corrected chi connectivity index (χ2v) is 10.0. The van der Waals surface area contributed by atoms with Crippen molar-refractivity contribution in [2.24, 2.45) is 0 Å². The van der Waals surface area contributed by atoms with E-state index in [9.17, 15) is 10.5 Å². The van der Waals surface area contributed by atoms with E-state index in [-0.39, 0.29) is 0 Å². The number of aromatic nitrogens is 4. The van der Waals surface area contributed by atoms with Crippen LogP contribution in [0.5, 0.6) is 0 Å². The Labute approximate surface area is 209 Å². The van der Waals surface area contributed by atoms with Gasteiger partial charge in [0, 0.05) is 38.9 Å². The number of hydrogen-bond acceptors (Lipinski definition) is 6. The Kier molecular flexibility index (Phi) is 6.59. The molecule has 0 saturated heterocycles. The maximum atomic E-state index is 9.66. The van der Waals surface area contributed by atoms with E-state index >= 15 is 0 Å². The van der Waals surface area contributed by atoms with Crippen molar-refractivity contribution in [2.75, 3.05) is 6.54 Å². The summed E-state index contributed by atoms with van der Waals surface area (Å²) in [5.74, 6) is 0. The molecule has 0 radical (unpaired) electrons. The van der Waals surface area contributed by atoms with Crippen LogP contribution < -0.4 is 5.32 Å². The van der Waals surface area contributed by atoms with Crippen molar-refractivity contribution in [3.63, 3.8) is 0 Å². The molecule has 35 heavy (non-hydrogen) atoms. The number of rotatable bonds is 6. The van der Waals surface area contributed by atoms with E-state index in [0.717, 1.165) is 51.5 Å². The van der Waals surface area contributed by atoms with E-state index in [1.807, 2.05) is 36.7 Å². The first-order valence-corrected chi connectivity index (χ1v) is 12.8. The van der Waals surface area contributed by atoms with Crippen LogP contribution in [-0.2, 0) is 0 Å². The predicted octanol–water partition coefficient (Wildman–Crippen LogP) is 5.49. The monoisotopic (exact) mass is 481 g/mol. The van der Waals surface area contributed by atoms with Crippen LogP contribution in [0, 0.1) is 29.6 Å². The number of benzene rings is 1. The van der Waals surface area contributed by atoms with Gasteiger partial charge in [-0.15, -0.1) is 0 Å². The van der Waals surface area contributed by atoms with Gasteiger partial charge in [-0.1, -0.05) is 30.8 Å². The molecule has 4 aromatic rings. The molecular weight excluding hydrogens is 454 g/mol. The molecule has 5 rings (SSSR count). The lowest BCUT2D eigenvalue weighted by Crippen LogP contribution is -2.33. The first-order valence-electron chi connectivity index (χ1n) is 12.0. The van der Waals surface area contributed by atoms with Gasteiger partial charge in [-0.2, -0.15) is 20.7 Å². The molecule has 0 amide bonds. The van der Waals surface area contributed by atoms with Crippen LogP contribution >= 0.6 is 11.8 Å². The van der Waals surface area contributed by atoms with E-state index < -0.39 is 0 Å². The summed E-state index contributed by atoms with van der Waals surface area (Å²) in [5.41, 5.74) is 5.06. The highest BCUT2D eigenvalue weighted by Crippen LogP contribution is 2.38. The number of hydrogen-bond donors (Lipinski definition) is 1. The molecule has 1 saturated carbocycles. The molecule has 1 aliphatic carbocycles. The van der Waals surface area contributed by atoms with Crippen LogP contribution in [0.4, 0.5) is 0 Å². The molecule has 1 fully saturated rings. The molecule has 7 nitrogen and oxygen atoms in total. The van der Waals surface area contributed by atoms with Crippen LogP contribution in [0.3, 0.4) is 0 Å². The zero-order valence-electron chi connectivity index (χ0n) is 19.9. The summed E-state index contributed by atoms with van der Waals surface area (Å²) in [6.45, 7) is 5.31. The summed E-state index contributed by atoms with van der Waals surface area (Å²) < 4.78 is 3.95. The summed E-state index contributed by atoms with van der Waals surface area (Å²) in [7, 11) is 0. The molecule has 8 heteroatoms. The lowest BCUT2D eigenvalue weighted by atomic mass is 9.91. The fourth-order valence-electron chi connectivity index (χ4n) is 5.05. The van der Waals surface area contributed by atoms with Gasteiger partial charge in [0.25, 0.3) is 0 Å². The van der Waals surface area contributed by atoms with E-state index in [4.69, 9.17) is 5.10 Å².